The van der Waals surface area contributed by atoms with E-state index < -0.39 is 0 Å². The van der Waals surface area contributed by atoms with Crippen molar-refractivity contribution < 1.29 is 9.59 Å². The number of nitrogens with zero attached hydrogens (tertiary/aromatic N) is 2. The lowest BCUT2D eigenvalue weighted by molar-refractivity contribution is -0.115. The molecular formula is C16H23N3O3. The van der Waals surface area contributed by atoms with Gasteiger partial charge in [-0.3, -0.25) is 14.4 Å². The molecule has 2 amide bonds. The van der Waals surface area contributed by atoms with Gasteiger partial charge in [-0.2, -0.15) is 0 Å². The molecule has 6 heteroatoms. The van der Waals surface area contributed by atoms with E-state index in [1.54, 1.807) is 14.0 Å². The Morgan fingerprint density at radius 3 is 2.41 bits per heavy atom. The number of hydrogen-bond acceptors (Lipinski definition) is 3. The van der Waals surface area contributed by atoms with E-state index >= 15 is 0 Å². The summed E-state index contributed by atoms with van der Waals surface area (Å²) in [5.41, 5.74) is 0.291. The summed E-state index contributed by atoms with van der Waals surface area (Å²) in [5, 5.41) is 2.57. The molecule has 0 aliphatic carbocycles. The second-order valence-electron chi connectivity index (χ2n) is 5.67. The molecule has 0 atom stereocenters. The number of aryl methyl sites for hydroxylation is 1. The van der Waals surface area contributed by atoms with Gasteiger partial charge in [0.05, 0.1) is 5.56 Å². The number of likely N-dealkylation sites (tertiary alicyclic amines) is 1. The molecule has 22 heavy (non-hydrogen) atoms. The predicted octanol–water partition coefficient (Wildman–Crippen LogP) is 1.75. The largest absolute Gasteiger partial charge is 0.339 e. The first kappa shape index (κ1) is 16.3. The van der Waals surface area contributed by atoms with Crippen LogP contribution < -0.4 is 10.9 Å². The minimum Gasteiger partial charge on any atom is -0.339 e. The number of aromatic nitrogens is 1. The Morgan fingerprint density at radius 1 is 1.18 bits per heavy atom. The molecule has 6 nitrogen and oxygen atoms in total. The molecule has 0 bridgehead atoms. The van der Waals surface area contributed by atoms with Gasteiger partial charge < -0.3 is 14.8 Å². The Bertz CT molecular complexity index is 614. The van der Waals surface area contributed by atoms with Crippen molar-refractivity contribution in [2.45, 2.75) is 39.0 Å². The number of carbonyl (C=O) groups excluding carboxylic acids is 2. The maximum Gasteiger partial charge on any atom is 0.274 e. The van der Waals surface area contributed by atoms with Gasteiger partial charge in [-0.05, 0) is 18.9 Å². The molecule has 2 heterocycles. The SMILES string of the molecule is CCC(=O)Nc1cc(C(=O)N2CCCCCC2)cn(C)c1=O. The first-order chi connectivity index (χ1) is 10.5. The highest BCUT2D eigenvalue weighted by Gasteiger charge is 2.19. The molecule has 1 N–H and O–H groups in total. The van der Waals surface area contributed by atoms with Crippen LogP contribution in [0.4, 0.5) is 5.69 Å². The molecule has 1 aromatic rings. The maximum absolute atomic E-state index is 12.6. The number of anilines is 1. The van der Waals surface area contributed by atoms with Crippen molar-refractivity contribution in [3.05, 3.63) is 28.2 Å². The lowest BCUT2D eigenvalue weighted by atomic mass is 10.2. The van der Waals surface area contributed by atoms with Crippen LogP contribution in [-0.2, 0) is 11.8 Å². The van der Waals surface area contributed by atoms with Gasteiger partial charge in [0, 0.05) is 32.8 Å². The fourth-order valence-corrected chi connectivity index (χ4v) is 2.61. The Kier molecular flexibility index (Phi) is 5.35. The third kappa shape index (κ3) is 3.75. The minimum atomic E-state index is -0.311. The van der Waals surface area contributed by atoms with Gasteiger partial charge in [-0.25, -0.2) is 0 Å². The van der Waals surface area contributed by atoms with Crippen LogP contribution in [0.3, 0.4) is 0 Å². The lowest BCUT2D eigenvalue weighted by Crippen LogP contribution is -2.33. The molecule has 1 aromatic heterocycles. The van der Waals surface area contributed by atoms with E-state index in [2.05, 4.69) is 5.32 Å². The van der Waals surface area contributed by atoms with Gasteiger partial charge in [0.2, 0.25) is 5.91 Å². The summed E-state index contributed by atoms with van der Waals surface area (Å²) >= 11 is 0. The fraction of sp³-hybridized carbons (Fsp3) is 0.562. The molecule has 0 spiro atoms. The number of hydrogen-bond donors (Lipinski definition) is 1. The summed E-state index contributed by atoms with van der Waals surface area (Å²) in [7, 11) is 1.59. The average molecular weight is 305 g/mol. The maximum atomic E-state index is 12.6. The van der Waals surface area contributed by atoms with Crippen LogP contribution in [0.2, 0.25) is 0 Å². The van der Waals surface area contributed by atoms with E-state index in [0.29, 0.717) is 5.56 Å². The number of amides is 2. The highest BCUT2D eigenvalue weighted by Crippen LogP contribution is 2.14. The smallest absolute Gasteiger partial charge is 0.274 e. The standard InChI is InChI=1S/C16H23N3O3/c1-3-14(20)17-13-10-12(11-18(2)16(13)22)15(21)19-8-6-4-5-7-9-19/h10-11H,3-9H2,1-2H3,(H,17,20). The molecule has 120 valence electrons. The molecule has 0 saturated carbocycles. The van der Waals surface area contributed by atoms with Crippen molar-refractivity contribution >= 4 is 17.5 Å². The van der Waals surface area contributed by atoms with Gasteiger partial charge in [0.1, 0.15) is 5.69 Å². The van der Waals surface area contributed by atoms with E-state index in [1.165, 1.54) is 16.8 Å². The van der Waals surface area contributed by atoms with Crippen LogP contribution in [0.15, 0.2) is 17.1 Å². The first-order valence-corrected chi connectivity index (χ1v) is 7.82. The van der Waals surface area contributed by atoms with Gasteiger partial charge in [0.15, 0.2) is 0 Å². The molecule has 1 aliphatic heterocycles. The topological polar surface area (TPSA) is 71.4 Å². The van der Waals surface area contributed by atoms with Gasteiger partial charge in [-0.1, -0.05) is 19.8 Å². The van der Waals surface area contributed by atoms with Gasteiger partial charge in [0.25, 0.3) is 11.5 Å². The van der Waals surface area contributed by atoms with Crippen LogP contribution in [0.25, 0.3) is 0 Å². The fourth-order valence-electron chi connectivity index (χ4n) is 2.61. The van der Waals surface area contributed by atoms with E-state index in [9.17, 15) is 14.4 Å². The normalized spacial score (nSPS) is 15.3. The van der Waals surface area contributed by atoms with Crippen molar-refractivity contribution in [2.75, 3.05) is 18.4 Å². The van der Waals surface area contributed by atoms with Crippen LogP contribution >= 0.6 is 0 Å². The summed E-state index contributed by atoms with van der Waals surface area (Å²) < 4.78 is 1.34. The zero-order valence-corrected chi connectivity index (χ0v) is 13.2. The number of nitrogens with one attached hydrogen (secondary N) is 1. The van der Waals surface area contributed by atoms with Crippen molar-refractivity contribution in [1.29, 1.82) is 0 Å². The highest BCUT2D eigenvalue weighted by atomic mass is 16.2. The third-order valence-electron chi connectivity index (χ3n) is 3.92. The van der Waals surface area contributed by atoms with Crippen LogP contribution in [0.1, 0.15) is 49.4 Å². The van der Waals surface area contributed by atoms with Crippen LogP contribution in [-0.4, -0.2) is 34.4 Å². The average Bonchev–Trinajstić information content (AvgIpc) is 2.79. The van der Waals surface area contributed by atoms with Crippen LogP contribution in [0.5, 0.6) is 0 Å². The monoisotopic (exact) mass is 305 g/mol. The van der Waals surface area contributed by atoms with E-state index in [1.807, 2.05) is 4.90 Å². The number of carbonyl (C=O) groups is 2. The summed E-state index contributed by atoms with van der Waals surface area (Å²) in [4.78, 5) is 38.0. The zero-order chi connectivity index (χ0) is 16.1. The zero-order valence-electron chi connectivity index (χ0n) is 13.2. The van der Waals surface area contributed by atoms with Crippen molar-refractivity contribution in [2.24, 2.45) is 7.05 Å². The van der Waals surface area contributed by atoms with Crippen LogP contribution in [0, 0.1) is 0 Å². The predicted molar refractivity (Wildman–Crippen MR) is 85.0 cm³/mol. The Hall–Kier alpha value is -2.11. The van der Waals surface area contributed by atoms with Crippen molar-refractivity contribution in [3.63, 3.8) is 0 Å². The molecular weight excluding hydrogens is 282 g/mol. The third-order valence-corrected chi connectivity index (χ3v) is 3.92. The Labute approximate surface area is 130 Å². The molecule has 1 aliphatic rings. The second kappa shape index (κ2) is 7.24. The number of pyridine rings is 1. The summed E-state index contributed by atoms with van der Waals surface area (Å²) in [5.74, 6) is -0.319. The Morgan fingerprint density at radius 2 is 1.82 bits per heavy atom. The molecule has 0 unspecified atom stereocenters. The molecule has 0 radical (unpaired) electrons. The second-order valence-corrected chi connectivity index (χ2v) is 5.67. The van der Waals surface area contributed by atoms with Crippen molar-refractivity contribution in [1.82, 2.24) is 9.47 Å². The van der Waals surface area contributed by atoms with E-state index in [4.69, 9.17) is 0 Å². The summed E-state index contributed by atoms with van der Waals surface area (Å²) in [6.07, 6.45) is 6.14. The first-order valence-electron chi connectivity index (χ1n) is 7.82. The lowest BCUT2D eigenvalue weighted by Gasteiger charge is -2.21. The summed E-state index contributed by atoms with van der Waals surface area (Å²) in [6.45, 7) is 3.21. The highest BCUT2D eigenvalue weighted by molar-refractivity contribution is 5.96. The van der Waals surface area contributed by atoms with E-state index in [0.717, 1.165) is 38.8 Å². The Balaban J connectivity index is 2.28. The quantitative estimate of drug-likeness (QED) is 0.925. The number of rotatable bonds is 3. The van der Waals surface area contributed by atoms with Gasteiger partial charge >= 0.3 is 0 Å². The molecule has 1 saturated heterocycles. The minimum absolute atomic E-state index is 0.0792. The van der Waals surface area contributed by atoms with Gasteiger partial charge in [-0.15, -0.1) is 0 Å². The summed E-state index contributed by atoms with van der Waals surface area (Å²) in [6, 6.07) is 1.49. The molecule has 1 fully saturated rings. The van der Waals surface area contributed by atoms with E-state index in [-0.39, 0.29) is 29.5 Å². The van der Waals surface area contributed by atoms with Crippen molar-refractivity contribution in [3.8, 4) is 0 Å². The molecule has 2 rings (SSSR count). The molecule has 0 aromatic carbocycles.